The van der Waals surface area contributed by atoms with Crippen LogP contribution in [0.15, 0.2) is 30.9 Å². The Bertz CT molecular complexity index is 552. The molecule has 0 spiro atoms. The highest BCUT2D eigenvalue weighted by atomic mass is 35.5. The monoisotopic (exact) mass is 294 g/mol. The third kappa shape index (κ3) is 3.29. The van der Waals surface area contributed by atoms with Crippen molar-refractivity contribution in [2.24, 2.45) is 5.41 Å². The Labute approximate surface area is 123 Å². The number of aliphatic hydroxyl groups is 1. The molecule has 0 aliphatic heterocycles. The predicted molar refractivity (Wildman–Crippen MR) is 80.3 cm³/mol. The maximum absolute atomic E-state index is 9.48. The molecule has 1 aromatic carbocycles. The zero-order valence-corrected chi connectivity index (χ0v) is 12.4. The molecule has 5 nitrogen and oxygen atoms in total. The van der Waals surface area contributed by atoms with Crippen molar-refractivity contribution in [3.63, 3.8) is 0 Å². The van der Waals surface area contributed by atoms with E-state index in [0.717, 1.165) is 17.8 Å². The number of hydrogen-bond donors (Lipinski definition) is 2. The molecule has 6 heteroatoms. The van der Waals surface area contributed by atoms with E-state index in [1.807, 2.05) is 25.1 Å². The van der Waals surface area contributed by atoms with E-state index in [1.165, 1.54) is 6.33 Å². The summed E-state index contributed by atoms with van der Waals surface area (Å²) in [6, 6.07) is 5.56. The van der Waals surface area contributed by atoms with E-state index in [2.05, 4.69) is 22.3 Å². The number of aromatic nitrogens is 3. The van der Waals surface area contributed by atoms with Gasteiger partial charge >= 0.3 is 0 Å². The molecule has 0 saturated heterocycles. The summed E-state index contributed by atoms with van der Waals surface area (Å²) in [6.07, 6.45) is 4.01. The summed E-state index contributed by atoms with van der Waals surface area (Å²) >= 11 is 6.06. The van der Waals surface area contributed by atoms with Crippen LogP contribution in [-0.2, 0) is 0 Å². The predicted octanol–water partition coefficient (Wildman–Crippen LogP) is 2.74. The summed E-state index contributed by atoms with van der Waals surface area (Å²) in [4.78, 5) is 3.95. The number of benzene rings is 1. The Morgan fingerprint density at radius 3 is 2.85 bits per heavy atom. The minimum atomic E-state index is -0.165. The van der Waals surface area contributed by atoms with E-state index in [1.54, 1.807) is 11.0 Å². The normalized spacial score (nSPS) is 14.0. The van der Waals surface area contributed by atoms with Crippen LogP contribution in [0.25, 0.3) is 5.69 Å². The molecule has 0 radical (unpaired) electrons. The minimum absolute atomic E-state index is 0.135. The lowest BCUT2D eigenvalue weighted by atomic mass is 9.88. The van der Waals surface area contributed by atoms with Gasteiger partial charge in [0, 0.05) is 17.0 Å². The van der Waals surface area contributed by atoms with Crippen LogP contribution >= 0.6 is 11.6 Å². The smallest absolute Gasteiger partial charge is 0.138 e. The number of aliphatic hydroxyl groups excluding tert-OH is 1. The van der Waals surface area contributed by atoms with Crippen molar-refractivity contribution < 1.29 is 5.11 Å². The van der Waals surface area contributed by atoms with Gasteiger partial charge in [0.1, 0.15) is 12.7 Å². The zero-order valence-electron chi connectivity index (χ0n) is 11.7. The van der Waals surface area contributed by atoms with Gasteiger partial charge < -0.3 is 10.4 Å². The lowest BCUT2D eigenvalue weighted by molar-refractivity contribution is 0.149. The van der Waals surface area contributed by atoms with E-state index < -0.39 is 0 Å². The molecule has 0 aliphatic rings. The van der Waals surface area contributed by atoms with Crippen LogP contribution in [0.4, 0.5) is 5.69 Å². The van der Waals surface area contributed by atoms with Crippen molar-refractivity contribution >= 4 is 17.3 Å². The van der Waals surface area contributed by atoms with E-state index in [9.17, 15) is 5.11 Å². The molecular weight excluding hydrogens is 276 g/mol. The first-order valence-electron chi connectivity index (χ1n) is 6.57. The lowest BCUT2D eigenvalue weighted by Gasteiger charge is -2.27. The summed E-state index contributed by atoms with van der Waals surface area (Å²) in [6.45, 7) is 4.89. The summed E-state index contributed by atoms with van der Waals surface area (Å²) < 4.78 is 1.68. The average Bonchev–Trinajstić information content (AvgIpc) is 2.99. The van der Waals surface area contributed by atoms with Gasteiger partial charge in [0.2, 0.25) is 0 Å². The first kappa shape index (κ1) is 14.8. The molecule has 108 valence electrons. The molecule has 0 amide bonds. The molecular formula is C14H19ClN4O. The highest BCUT2D eigenvalue weighted by Gasteiger charge is 2.21. The van der Waals surface area contributed by atoms with E-state index in [4.69, 9.17) is 11.6 Å². The highest BCUT2D eigenvalue weighted by Crippen LogP contribution is 2.27. The van der Waals surface area contributed by atoms with E-state index in [0.29, 0.717) is 11.6 Å². The fourth-order valence-electron chi connectivity index (χ4n) is 1.78. The summed E-state index contributed by atoms with van der Waals surface area (Å²) in [5.41, 5.74) is 1.58. The van der Waals surface area contributed by atoms with Gasteiger partial charge in [-0.15, -0.1) is 0 Å². The van der Waals surface area contributed by atoms with Crippen LogP contribution in [0.3, 0.4) is 0 Å². The number of nitrogens with zero attached hydrogens (tertiary/aromatic N) is 3. The van der Waals surface area contributed by atoms with Crippen LogP contribution in [0, 0.1) is 5.41 Å². The molecule has 0 aliphatic carbocycles. The molecule has 0 saturated carbocycles. The molecule has 2 aromatic rings. The molecule has 2 rings (SSSR count). The number of nitrogens with one attached hydrogen (secondary N) is 1. The van der Waals surface area contributed by atoms with Crippen LogP contribution in [0.1, 0.15) is 20.3 Å². The third-order valence-corrected chi connectivity index (χ3v) is 3.80. The molecule has 0 bridgehead atoms. The quantitative estimate of drug-likeness (QED) is 0.860. The molecule has 1 heterocycles. The largest absolute Gasteiger partial charge is 0.396 e. The second-order valence-corrected chi connectivity index (χ2v) is 5.61. The molecule has 1 unspecified atom stereocenters. The first-order chi connectivity index (χ1) is 9.58. The van der Waals surface area contributed by atoms with Crippen LogP contribution in [0.2, 0.25) is 5.02 Å². The topological polar surface area (TPSA) is 63.0 Å². The lowest BCUT2D eigenvalue weighted by Crippen LogP contribution is -2.29. The maximum atomic E-state index is 9.48. The van der Waals surface area contributed by atoms with E-state index >= 15 is 0 Å². The Morgan fingerprint density at radius 1 is 1.45 bits per heavy atom. The fourth-order valence-corrected chi connectivity index (χ4v) is 1.96. The van der Waals surface area contributed by atoms with Crippen LogP contribution < -0.4 is 5.32 Å². The van der Waals surface area contributed by atoms with Gasteiger partial charge in [-0.1, -0.05) is 25.4 Å². The fraction of sp³-hybridized carbons (Fsp3) is 0.429. The summed E-state index contributed by atoms with van der Waals surface area (Å²) in [5, 5.41) is 17.6. The van der Waals surface area contributed by atoms with Crippen molar-refractivity contribution in [3.8, 4) is 5.69 Å². The van der Waals surface area contributed by atoms with Gasteiger partial charge in [0.15, 0.2) is 0 Å². The third-order valence-electron chi connectivity index (χ3n) is 3.57. The highest BCUT2D eigenvalue weighted by molar-refractivity contribution is 6.31. The number of halogens is 1. The summed E-state index contributed by atoms with van der Waals surface area (Å²) in [7, 11) is 0. The molecule has 20 heavy (non-hydrogen) atoms. The van der Waals surface area contributed by atoms with Crippen molar-refractivity contribution in [3.05, 3.63) is 35.9 Å². The average molecular weight is 295 g/mol. The van der Waals surface area contributed by atoms with Crippen molar-refractivity contribution in [2.75, 3.05) is 18.5 Å². The number of rotatable bonds is 6. The van der Waals surface area contributed by atoms with Crippen LogP contribution in [-0.4, -0.2) is 33.0 Å². The molecule has 2 N–H and O–H groups in total. The SMILES string of the molecule is CCC(C)(CO)CNc1cc(Cl)ccc1-n1cncn1. The van der Waals surface area contributed by atoms with Gasteiger partial charge in [-0.25, -0.2) is 9.67 Å². The maximum Gasteiger partial charge on any atom is 0.138 e. The standard InChI is InChI=1S/C14H19ClN4O/c1-3-14(2,8-20)7-17-12-6-11(15)4-5-13(12)19-10-16-9-18-19/h4-6,9-10,17,20H,3,7-8H2,1-2H3. The first-order valence-corrected chi connectivity index (χ1v) is 6.95. The van der Waals surface area contributed by atoms with Crippen LogP contribution in [0.5, 0.6) is 0 Å². The number of anilines is 1. The van der Waals surface area contributed by atoms with Gasteiger partial charge in [-0.3, -0.25) is 0 Å². The van der Waals surface area contributed by atoms with E-state index in [-0.39, 0.29) is 12.0 Å². The Hall–Kier alpha value is -1.59. The molecule has 1 atom stereocenters. The van der Waals surface area contributed by atoms with Crippen molar-refractivity contribution in [1.82, 2.24) is 14.8 Å². The van der Waals surface area contributed by atoms with Gasteiger partial charge in [-0.2, -0.15) is 5.10 Å². The Morgan fingerprint density at radius 2 is 2.25 bits per heavy atom. The van der Waals surface area contributed by atoms with Gasteiger partial charge in [0.05, 0.1) is 18.0 Å². The molecule has 1 aromatic heterocycles. The second-order valence-electron chi connectivity index (χ2n) is 5.18. The second kappa shape index (κ2) is 6.24. The summed E-state index contributed by atoms with van der Waals surface area (Å²) in [5.74, 6) is 0. The van der Waals surface area contributed by atoms with Crippen molar-refractivity contribution in [1.29, 1.82) is 0 Å². The van der Waals surface area contributed by atoms with Crippen molar-refractivity contribution in [2.45, 2.75) is 20.3 Å². The minimum Gasteiger partial charge on any atom is -0.396 e. The Kier molecular flexibility index (Phi) is 4.62. The zero-order chi connectivity index (χ0) is 14.6. The van der Waals surface area contributed by atoms with Gasteiger partial charge in [-0.05, 0) is 24.6 Å². The van der Waals surface area contributed by atoms with Gasteiger partial charge in [0.25, 0.3) is 0 Å². The number of hydrogen-bond acceptors (Lipinski definition) is 4. The molecule has 0 fully saturated rings. The Balaban J connectivity index is 2.25.